The molecule has 0 aromatic rings. The Morgan fingerprint density at radius 2 is 1.25 bits per heavy atom. The molecule has 0 aromatic carbocycles. The first kappa shape index (κ1) is 16.7. The van der Waals surface area contributed by atoms with Gasteiger partial charge >= 0.3 is 25.4 Å². The molecular weight excluding hydrogens is 416 g/mol. The molecule has 0 bridgehead atoms. The minimum Gasteiger partial charge on any atom is 0 e. The van der Waals surface area contributed by atoms with E-state index in [1.807, 2.05) is 0 Å². The summed E-state index contributed by atoms with van der Waals surface area (Å²) < 4.78 is 8.26. The van der Waals surface area contributed by atoms with E-state index in [4.69, 9.17) is 3.10 Å². The van der Waals surface area contributed by atoms with Crippen LogP contribution in [0.15, 0.2) is 0 Å². The van der Waals surface area contributed by atoms with E-state index < -0.39 is 0 Å². The predicted molar refractivity (Wildman–Crippen MR) is 12.2 cm³/mol. The van der Waals surface area contributed by atoms with Gasteiger partial charge in [-0.25, -0.2) is 0 Å². The average Bonchev–Trinajstić information content (AvgIpc) is 1.00. The van der Waals surface area contributed by atoms with Gasteiger partial charge in [0, 0.05) is 43.3 Å². The van der Waals surface area contributed by atoms with Crippen LogP contribution in [0.5, 0.6) is 0 Å². The molecule has 4 heteroatoms. The molecule has 0 atom stereocenters. The second kappa shape index (κ2) is 20.0. The van der Waals surface area contributed by atoms with Crippen molar-refractivity contribution in [2.45, 2.75) is 0 Å². The number of rotatable bonds is 0. The van der Waals surface area contributed by atoms with Crippen molar-refractivity contribution in [2.75, 3.05) is 0 Å². The molecule has 4 heavy (non-hydrogen) atoms. The molecule has 0 aliphatic heterocycles. The van der Waals surface area contributed by atoms with Crippen molar-refractivity contribution in [3.63, 3.8) is 0 Å². The van der Waals surface area contributed by atoms with E-state index in [-0.39, 0.29) is 43.3 Å². The van der Waals surface area contributed by atoms with Crippen LogP contribution >= 0.6 is 0 Å². The monoisotopic (exact) mass is 418 g/mol. The van der Waals surface area contributed by atoms with Crippen molar-refractivity contribution in [2.24, 2.45) is 0 Å². The molecule has 0 saturated heterocycles. The van der Waals surface area contributed by atoms with Crippen molar-refractivity contribution >= 4 is 48.5 Å². The van der Waals surface area contributed by atoms with Crippen molar-refractivity contribution in [3.05, 3.63) is 0 Å². The Balaban J connectivity index is -0.00000000500. The summed E-state index contributed by atoms with van der Waals surface area (Å²) >= 11 is 0.700. The molecular formula is BiCuOTe. The van der Waals surface area contributed by atoms with Gasteiger partial charge in [-0.3, -0.25) is 0 Å². The van der Waals surface area contributed by atoms with E-state index >= 15 is 0 Å². The van der Waals surface area contributed by atoms with Crippen LogP contribution < -0.4 is 0 Å². The van der Waals surface area contributed by atoms with Crippen molar-refractivity contribution < 1.29 is 20.2 Å². The van der Waals surface area contributed by atoms with E-state index in [2.05, 4.69) is 0 Å². The van der Waals surface area contributed by atoms with E-state index in [0.717, 1.165) is 0 Å². The summed E-state index contributed by atoms with van der Waals surface area (Å²) in [5.74, 6) is 0. The van der Waals surface area contributed by atoms with Gasteiger partial charge in [0.2, 0.25) is 0 Å². The SMILES string of the molecule is O=[Te].[Bi].[Cu]. The summed E-state index contributed by atoms with van der Waals surface area (Å²) in [5.41, 5.74) is 0. The molecule has 0 aliphatic rings. The zero-order valence-electron chi connectivity index (χ0n) is 1.57. The van der Waals surface area contributed by atoms with E-state index in [0.29, 0.717) is 22.3 Å². The maximum absolute atomic E-state index is 8.26. The quantitative estimate of drug-likeness (QED) is 0.469. The van der Waals surface area contributed by atoms with Crippen LogP contribution in [0.25, 0.3) is 0 Å². The molecule has 1 nitrogen and oxygen atoms in total. The summed E-state index contributed by atoms with van der Waals surface area (Å²) in [6.07, 6.45) is 0. The molecule has 0 heterocycles. The van der Waals surface area contributed by atoms with Gasteiger partial charge in [-0.05, 0) is 0 Å². The molecule has 0 saturated carbocycles. The third kappa shape index (κ3) is 9.01. The van der Waals surface area contributed by atoms with Crippen molar-refractivity contribution in [1.82, 2.24) is 0 Å². The Morgan fingerprint density at radius 1 is 1.25 bits per heavy atom. The minimum absolute atomic E-state index is 0. The van der Waals surface area contributed by atoms with Gasteiger partial charge in [0.25, 0.3) is 0 Å². The second-order valence-corrected chi connectivity index (χ2v) is 0. The van der Waals surface area contributed by atoms with Crippen molar-refractivity contribution in [3.8, 4) is 0 Å². The summed E-state index contributed by atoms with van der Waals surface area (Å²) in [4.78, 5) is 0. The standard InChI is InChI=1S/Bi.Cu.OTe/c;;1-2. The van der Waals surface area contributed by atoms with Crippen molar-refractivity contribution in [1.29, 1.82) is 0 Å². The zero-order chi connectivity index (χ0) is 2.00. The van der Waals surface area contributed by atoms with Gasteiger partial charge in [0.15, 0.2) is 0 Å². The van der Waals surface area contributed by atoms with Gasteiger partial charge in [0.05, 0.1) is 0 Å². The largest absolute Gasteiger partial charge is 0 e. The van der Waals surface area contributed by atoms with Crippen LogP contribution in [-0.2, 0) is 20.2 Å². The summed E-state index contributed by atoms with van der Waals surface area (Å²) in [7, 11) is 0. The van der Waals surface area contributed by atoms with Gasteiger partial charge in [-0.2, -0.15) is 0 Å². The summed E-state index contributed by atoms with van der Waals surface area (Å²) in [5, 5.41) is 0. The van der Waals surface area contributed by atoms with Crippen LogP contribution in [0.2, 0.25) is 0 Å². The van der Waals surface area contributed by atoms with E-state index in [9.17, 15) is 0 Å². The third-order valence-electron chi connectivity index (χ3n) is 0. The topological polar surface area (TPSA) is 17.1 Å². The van der Waals surface area contributed by atoms with Gasteiger partial charge < -0.3 is 0 Å². The fourth-order valence-corrected chi connectivity index (χ4v) is 0. The summed E-state index contributed by atoms with van der Waals surface area (Å²) in [6.45, 7) is 0. The first-order valence-corrected chi connectivity index (χ1v) is 1.12. The van der Waals surface area contributed by atoms with Gasteiger partial charge in [-0.15, -0.1) is 0 Å². The maximum atomic E-state index is 8.26. The Kier molecular flexibility index (Phi) is 83.6. The summed E-state index contributed by atoms with van der Waals surface area (Å²) in [6, 6.07) is 0. The number of hydrogen-bond acceptors (Lipinski definition) is 1. The average molecular weight is 416 g/mol. The fourth-order valence-electron chi connectivity index (χ4n) is 0. The Bertz CT molecular complexity index is 8.00. The molecule has 0 aliphatic carbocycles. The fraction of sp³-hybridized carbons (Fsp3) is 0. The predicted octanol–water partition coefficient (Wildman–Crippen LogP) is -0.883. The Hall–Kier alpha value is 1.99. The van der Waals surface area contributed by atoms with E-state index in [1.54, 1.807) is 0 Å². The van der Waals surface area contributed by atoms with Gasteiger partial charge in [-0.1, -0.05) is 0 Å². The molecule has 0 amide bonds. The van der Waals surface area contributed by atoms with Crippen LogP contribution in [0.4, 0.5) is 0 Å². The van der Waals surface area contributed by atoms with Crippen LogP contribution in [-0.4, -0.2) is 48.5 Å². The number of hydrogen-bond donors (Lipinski definition) is 0. The molecule has 0 fully saturated rings. The molecule has 0 spiro atoms. The van der Waals surface area contributed by atoms with Gasteiger partial charge in [0.1, 0.15) is 0 Å². The minimum atomic E-state index is 0. The first-order chi connectivity index (χ1) is 1.00. The smallest absolute Gasteiger partial charge is 0 e. The molecule has 0 rings (SSSR count). The molecule has 4 radical (unpaired) electrons. The first-order valence-electron chi connectivity index (χ1n) is 0.167. The van der Waals surface area contributed by atoms with Crippen LogP contribution in [0.1, 0.15) is 0 Å². The third-order valence-corrected chi connectivity index (χ3v) is 0. The molecule has 0 unspecified atom stereocenters. The van der Waals surface area contributed by atoms with E-state index in [1.165, 1.54) is 0 Å². The van der Waals surface area contributed by atoms with Crippen LogP contribution in [0.3, 0.4) is 0 Å². The Morgan fingerprint density at radius 3 is 1.25 bits per heavy atom. The second-order valence-electron chi connectivity index (χ2n) is 0. The molecule has 28 valence electrons. The Labute approximate surface area is 67.8 Å². The normalized spacial score (nSPS) is 1.00. The molecule has 0 N–H and O–H groups in total. The zero-order valence-corrected chi connectivity index (χ0v) is 8.31. The maximum Gasteiger partial charge on any atom is 0 e. The van der Waals surface area contributed by atoms with Crippen LogP contribution in [0, 0.1) is 0 Å². The molecule has 0 aromatic heterocycles.